The van der Waals surface area contributed by atoms with E-state index in [0.717, 1.165) is 3.57 Å². The van der Waals surface area contributed by atoms with Gasteiger partial charge in [-0.2, -0.15) is 0 Å². The third-order valence-electron chi connectivity index (χ3n) is 4.13. The van der Waals surface area contributed by atoms with Gasteiger partial charge in [-0.1, -0.05) is 19.1 Å². The Balaban J connectivity index is 1.76. The highest BCUT2D eigenvalue weighted by atomic mass is 127. The first-order valence-corrected chi connectivity index (χ1v) is 9.63. The second-order valence-electron chi connectivity index (χ2n) is 6.19. The van der Waals surface area contributed by atoms with Gasteiger partial charge in [0.2, 0.25) is 5.91 Å². The molecule has 1 unspecified atom stereocenters. The van der Waals surface area contributed by atoms with E-state index in [1.54, 1.807) is 12.3 Å². The number of alkyl halides is 3. The van der Waals surface area contributed by atoms with Gasteiger partial charge in [0.1, 0.15) is 12.3 Å². The fourth-order valence-corrected chi connectivity index (χ4v) is 3.32. The van der Waals surface area contributed by atoms with Crippen LogP contribution in [0.4, 0.5) is 29.5 Å². The SMILES string of the molecule is CCC(NC(=O)N1CC(=O)Nc2cc(I)cnc21)c1ccc(OC(F)(F)F)cc1. The number of fused-ring (bicyclic) bond motifs is 1. The highest BCUT2D eigenvalue weighted by molar-refractivity contribution is 14.1. The molecule has 1 atom stereocenters. The van der Waals surface area contributed by atoms with Crippen LogP contribution < -0.4 is 20.3 Å². The Bertz CT molecular complexity index is 922. The van der Waals surface area contributed by atoms with Crippen molar-refractivity contribution in [3.8, 4) is 5.75 Å². The molecule has 1 aliphatic rings. The summed E-state index contributed by atoms with van der Waals surface area (Å²) in [6, 6.07) is 5.98. The van der Waals surface area contributed by atoms with Crippen molar-refractivity contribution >= 4 is 46.0 Å². The van der Waals surface area contributed by atoms with Crippen LogP contribution in [-0.4, -0.2) is 29.8 Å². The summed E-state index contributed by atoms with van der Waals surface area (Å²) in [7, 11) is 0. The van der Waals surface area contributed by atoms with Gasteiger partial charge in [0.05, 0.1) is 11.7 Å². The van der Waals surface area contributed by atoms with Gasteiger partial charge in [-0.15, -0.1) is 13.2 Å². The predicted octanol–water partition coefficient (Wildman–Crippen LogP) is 4.20. The lowest BCUT2D eigenvalue weighted by molar-refractivity contribution is -0.274. The number of carbonyl (C=O) groups is 2. The molecule has 2 N–H and O–H groups in total. The second-order valence-corrected chi connectivity index (χ2v) is 7.43. The Morgan fingerprint density at radius 3 is 2.69 bits per heavy atom. The minimum atomic E-state index is -4.77. The number of aromatic nitrogens is 1. The standard InChI is InChI=1S/C18H16F3IN4O3/c1-2-13(10-3-5-12(6-4-10)29-18(19,20)21)25-17(28)26-9-15(27)24-14-7-11(22)8-23-16(14)26/h3-8,13H,2,9H2,1H3,(H,24,27)(H,25,28). The van der Waals surface area contributed by atoms with Crippen LogP contribution >= 0.6 is 22.6 Å². The summed E-state index contributed by atoms with van der Waals surface area (Å²) in [5, 5.41) is 5.47. The molecule has 0 radical (unpaired) electrons. The molecule has 154 valence electrons. The minimum Gasteiger partial charge on any atom is -0.406 e. The van der Waals surface area contributed by atoms with E-state index < -0.39 is 18.4 Å². The summed E-state index contributed by atoms with van der Waals surface area (Å²) in [4.78, 5) is 30.2. The molecule has 29 heavy (non-hydrogen) atoms. The quantitative estimate of drug-likeness (QED) is 0.593. The van der Waals surface area contributed by atoms with Gasteiger partial charge in [0.15, 0.2) is 5.82 Å². The zero-order valence-corrected chi connectivity index (χ0v) is 17.2. The van der Waals surface area contributed by atoms with Gasteiger partial charge in [-0.05, 0) is 52.8 Å². The van der Waals surface area contributed by atoms with Gasteiger partial charge < -0.3 is 15.4 Å². The topological polar surface area (TPSA) is 83.6 Å². The summed E-state index contributed by atoms with van der Waals surface area (Å²) >= 11 is 2.05. The molecule has 0 bridgehead atoms. The molecule has 0 aliphatic carbocycles. The average Bonchev–Trinajstić information content (AvgIpc) is 2.64. The number of anilines is 2. The fraction of sp³-hybridized carbons (Fsp3) is 0.278. The monoisotopic (exact) mass is 520 g/mol. The number of nitrogens with zero attached hydrogens (tertiary/aromatic N) is 2. The zero-order valence-electron chi connectivity index (χ0n) is 15.1. The third-order valence-corrected chi connectivity index (χ3v) is 4.72. The van der Waals surface area contributed by atoms with Crippen molar-refractivity contribution in [3.63, 3.8) is 0 Å². The minimum absolute atomic E-state index is 0.193. The molecular formula is C18H16F3IN4O3. The van der Waals surface area contributed by atoms with Crippen LogP contribution in [0.3, 0.4) is 0 Å². The molecule has 0 fully saturated rings. The Hall–Kier alpha value is -2.57. The Morgan fingerprint density at radius 2 is 2.07 bits per heavy atom. The molecule has 2 aromatic rings. The van der Waals surface area contributed by atoms with Crippen molar-refractivity contribution in [2.24, 2.45) is 0 Å². The zero-order chi connectivity index (χ0) is 21.2. The number of halogens is 4. The molecule has 1 aliphatic heterocycles. The molecule has 3 amide bonds. The maximum atomic E-state index is 12.8. The lowest BCUT2D eigenvalue weighted by atomic mass is 10.0. The molecule has 0 saturated heterocycles. The van der Waals surface area contributed by atoms with Gasteiger partial charge in [-0.3, -0.25) is 9.69 Å². The number of hydrogen-bond donors (Lipinski definition) is 2. The predicted molar refractivity (Wildman–Crippen MR) is 108 cm³/mol. The van der Waals surface area contributed by atoms with E-state index in [2.05, 4.69) is 20.4 Å². The smallest absolute Gasteiger partial charge is 0.406 e. The number of carbonyl (C=O) groups excluding carboxylic acids is 2. The Labute approximate surface area is 177 Å². The van der Waals surface area contributed by atoms with E-state index >= 15 is 0 Å². The maximum absolute atomic E-state index is 12.8. The lowest BCUT2D eigenvalue weighted by Crippen LogP contribution is -2.48. The first-order valence-electron chi connectivity index (χ1n) is 8.55. The van der Waals surface area contributed by atoms with Crippen molar-refractivity contribution in [2.45, 2.75) is 25.7 Å². The number of hydrogen-bond acceptors (Lipinski definition) is 4. The highest BCUT2D eigenvalue weighted by Gasteiger charge is 2.32. The second kappa shape index (κ2) is 8.43. The summed E-state index contributed by atoms with van der Waals surface area (Å²) in [5.74, 6) is -0.368. The van der Waals surface area contributed by atoms with Crippen molar-refractivity contribution in [2.75, 3.05) is 16.8 Å². The van der Waals surface area contributed by atoms with Crippen LogP contribution in [0.5, 0.6) is 5.75 Å². The van der Waals surface area contributed by atoms with Crippen molar-refractivity contribution in [3.05, 3.63) is 45.7 Å². The molecule has 3 rings (SSSR count). The van der Waals surface area contributed by atoms with Crippen LogP contribution in [0, 0.1) is 3.57 Å². The van der Waals surface area contributed by atoms with Crippen LogP contribution in [0.2, 0.25) is 0 Å². The van der Waals surface area contributed by atoms with Crippen LogP contribution in [0.15, 0.2) is 36.5 Å². The normalized spacial score (nSPS) is 14.7. The molecule has 2 heterocycles. The van der Waals surface area contributed by atoms with E-state index in [1.807, 2.05) is 29.5 Å². The fourth-order valence-electron chi connectivity index (χ4n) is 2.87. The average molecular weight is 520 g/mol. The van der Waals surface area contributed by atoms with Crippen LogP contribution in [-0.2, 0) is 4.79 Å². The number of ether oxygens (including phenoxy) is 1. The molecule has 0 saturated carbocycles. The number of rotatable bonds is 4. The van der Waals surface area contributed by atoms with Crippen LogP contribution in [0.1, 0.15) is 24.9 Å². The van der Waals surface area contributed by atoms with E-state index in [4.69, 9.17) is 0 Å². The molecule has 11 heteroatoms. The van der Waals surface area contributed by atoms with E-state index in [9.17, 15) is 22.8 Å². The third kappa shape index (κ3) is 5.28. The number of nitrogens with one attached hydrogen (secondary N) is 2. The Kier molecular flexibility index (Phi) is 6.15. The Morgan fingerprint density at radius 1 is 1.38 bits per heavy atom. The number of benzene rings is 1. The number of pyridine rings is 1. The van der Waals surface area contributed by atoms with E-state index in [0.29, 0.717) is 23.5 Å². The van der Waals surface area contributed by atoms with E-state index in [-0.39, 0.29) is 18.2 Å². The van der Waals surface area contributed by atoms with Gasteiger partial charge in [0.25, 0.3) is 0 Å². The van der Waals surface area contributed by atoms with Crippen LogP contribution in [0.25, 0.3) is 0 Å². The largest absolute Gasteiger partial charge is 0.573 e. The summed E-state index contributed by atoms with van der Waals surface area (Å²) in [6.07, 6.45) is -2.71. The molecule has 1 aromatic carbocycles. The first-order chi connectivity index (χ1) is 13.7. The van der Waals surface area contributed by atoms with Gasteiger partial charge in [0, 0.05) is 9.77 Å². The maximum Gasteiger partial charge on any atom is 0.573 e. The highest BCUT2D eigenvalue weighted by Crippen LogP contribution is 2.29. The van der Waals surface area contributed by atoms with Gasteiger partial charge in [-0.25, -0.2) is 9.78 Å². The summed E-state index contributed by atoms with van der Waals surface area (Å²) in [6.45, 7) is 1.63. The van der Waals surface area contributed by atoms with Crippen molar-refractivity contribution < 1.29 is 27.5 Å². The van der Waals surface area contributed by atoms with E-state index in [1.165, 1.54) is 29.2 Å². The lowest BCUT2D eigenvalue weighted by Gasteiger charge is -2.30. The first kappa shape index (κ1) is 21.1. The molecular weight excluding hydrogens is 504 g/mol. The summed E-state index contributed by atoms with van der Waals surface area (Å²) in [5.41, 5.74) is 1.04. The summed E-state index contributed by atoms with van der Waals surface area (Å²) < 4.78 is 41.6. The van der Waals surface area contributed by atoms with Crippen molar-refractivity contribution in [1.29, 1.82) is 0 Å². The molecule has 0 spiro atoms. The van der Waals surface area contributed by atoms with Gasteiger partial charge >= 0.3 is 12.4 Å². The molecule has 7 nitrogen and oxygen atoms in total. The number of amides is 3. The number of urea groups is 1. The van der Waals surface area contributed by atoms with Crippen molar-refractivity contribution in [1.82, 2.24) is 10.3 Å². The molecule has 1 aromatic heterocycles.